The number of esters is 1. The highest BCUT2D eigenvalue weighted by molar-refractivity contribution is 5.84. The van der Waals surface area contributed by atoms with Gasteiger partial charge in [0.2, 0.25) is 5.91 Å². The van der Waals surface area contributed by atoms with Crippen LogP contribution in [0.15, 0.2) is 30.3 Å². The first-order valence-corrected chi connectivity index (χ1v) is 8.58. The van der Waals surface area contributed by atoms with Crippen molar-refractivity contribution in [3.63, 3.8) is 0 Å². The standard InChI is InChI=1S/C19H29NO3/c1-4-6-8-13-17(21)20-18(15(3)5-2)19(22)23-14-16-11-9-7-10-12-16/h7,9-12,15,18H,4-6,8,13-14H2,1-3H3,(H,20,21). The minimum absolute atomic E-state index is 0.0494. The lowest BCUT2D eigenvalue weighted by atomic mass is 9.99. The summed E-state index contributed by atoms with van der Waals surface area (Å²) >= 11 is 0. The number of carbonyl (C=O) groups excluding carboxylic acids is 2. The van der Waals surface area contributed by atoms with Crippen molar-refractivity contribution in [2.45, 2.75) is 65.5 Å². The SMILES string of the molecule is CCCCCC(=O)NC(C(=O)OCc1ccccc1)C(C)CC. The van der Waals surface area contributed by atoms with Crippen molar-refractivity contribution in [3.8, 4) is 0 Å². The van der Waals surface area contributed by atoms with Gasteiger partial charge in [-0.25, -0.2) is 4.79 Å². The van der Waals surface area contributed by atoms with E-state index in [4.69, 9.17) is 4.74 Å². The van der Waals surface area contributed by atoms with Crippen molar-refractivity contribution in [3.05, 3.63) is 35.9 Å². The molecule has 1 N–H and O–H groups in total. The Morgan fingerprint density at radius 3 is 2.43 bits per heavy atom. The van der Waals surface area contributed by atoms with E-state index >= 15 is 0 Å². The van der Waals surface area contributed by atoms with Gasteiger partial charge in [-0.2, -0.15) is 0 Å². The van der Waals surface area contributed by atoms with Gasteiger partial charge in [0.15, 0.2) is 0 Å². The molecule has 0 radical (unpaired) electrons. The molecule has 128 valence electrons. The fourth-order valence-electron chi connectivity index (χ4n) is 2.27. The Morgan fingerprint density at radius 1 is 1.13 bits per heavy atom. The lowest BCUT2D eigenvalue weighted by Gasteiger charge is -2.22. The molecule has 0 aliphatic rings. The van der Waals surface area contributed by atoms with E-state index < -0.39 is 6.04 Å². The molecule has 0 saturated carbocycles. The van der Waals surface area contributed by atoms with Gasteiger partial charge in [0.05, 0.1) is 0 Å². The van der Waals surface area contributed by atoms with Crippen molar-refractivity contribution in [2.24, 2.45) is 5.92 Å². The predicted octanol–water partition coefficient (Wildman–Crippen LogP) is 3.84. The zero-order valence-electron chi connectivity index (χ0n) is 14.5. The summed E-state index contributed by atoms with van der Waals surface area (Å²) in [4.78, 5) is 24.4. The lowest BCUT2D eigenvalue weighted by molar-refractivity contribution is -0.150. The molecule has 0 saturated heterocycles. The van der Waals surface area contributed by atoms with Gasteiger partial charge >= 0.3 is 5.97 Å². The van der Waals surface area contributed by atoms with Gasteiger partial charge in [-0.1, -0.05) is 70.4 Å². The van der Waals surface area contributed by atoms with Gasteiger partial charge in [-0.3, -0.25) is 4.79 Å². The second kappa shape index (κ2) is 10.8. The number of benzene rings is 1. The Hall–Kier alpha value is -1.84. The molecule has 1 amide bonds. The average molecular weight is 319 g/mol. The average Bonchev–Trinajstić information content (AvgIpc) is 2.58. The minimum Gasteiger partial charge on any atom is -0.459 e. The summed E-state index contributed by atoms with van der Waals surface area (Å²) < 4.78 is 5.39. The molecule has 4 nitrogen and oxygen atoms in total. The van der Waals surface area contributed by atoms with Gasteiger partial charge in [0.1, 0.15) is 12.6 Å². The normalized spacial score (nSPS) is 13.2. The van der Waals surface area contributed by atoms with Crippen LogP contribution in [-0.2, 0) is 20.9 Å². The number of amides is 1. The molecule has 1 aromatic carbocycles. The zero-order chi connectivity index (χ0) is 17.1. The van der Waals surface area contributed by atoms with Gasteiger partial charge in [0.25, 0.3) is 0 Å². The van der Waals surface area contributed by atoms with E-state index in [0.717, 1.165) is 31.2 Å². The summed E-state index contributed by atoms with van der Waals surface area (Å²) in [6.45, 7) is 6.30. The van der Waals surface area contributed by atoms with Crippen molar-refractivity contribution >= 4 is 11.9 Å². The Morgan fingerprint density at radius 2 is 1.83 bits per heavy atom. The third-order valence-electron chi connectivity index (χ3n) is 4.01. The summed E-state index contributed by atoms with van der Waals surface area (Å²) in [6, 6.07) is 8.99. The monoisotopic (exact) mass is 319 g/mol. The summed E-state index contributed by atoms with van der Waals surface area (Å²) in [5, 5.41) is 2.85. The van der Waals surface area contributed by atoms with Crippen LogP contribution in [-0.4, -0.2) is 17.9 Å². The predicted molar refractivity (Wildman–Crippen MR) is 91.8 cm³/mol. The van der Waals surface area contributed by atoms with Crippen LogP contribution in [0, 0.1) is 5.92 Å². The van der Waals surface area contributed by atoms with Gasteiger partial charge in [-0.05, 0) is 17.9 Å². The zero-order valence-corrected chi connectivity index (χ0v) is 14.5. The fraction of sp³-hybridized carbons (Fsp3) is 0.579. The van der Waals surface area contributed by atoms with Crippen molar-refractivity contribution in [1.29, 1.82) is 0 Å². The fourth-order valence-corrected chi connectivity index (χ4v) is 2.27. The van der Waals surface area contributed by atoms with Gasteiger partial charge in [-0.15, -0.1) is 0 Å². The quantitative estimate of drug-likeness (QED) is 0.526. The molecule has 0 fully saturated rings. The maximum atomic E-state index is 12.3. The van der Waals surface area contributed by atoms with Crippen molar-refractivity contribution < 1.29 is 14.3 Å². The smallest absolute Gasteiger partial charge is 0.329 e. The second-order valence-corrected chi connectivity index (χ2v) is 5.98. The molecule has 0 aromatic heterocycles. The number of unbranched alkanes of at least 4 members (excludes halogenated alkanes) is 2. The number of nitrogens with one attached hydrogen (secondary N) is 1. The van der Waals surface area contributed by atoms with E-state index in [1.54, 1.807) is 0 Å². The highest BCUT2D eigenvalue weighted by Crippen LogP contribution is 2.12. The highest BCUT2D eigenvalue weighted by Gasteiger charge is 2.27. The Balaban J connectivity index is 2.55. The molecule has 1 aromatic rings. The van der Waals surface area contributed by atoms with Crippen molar-refractivity contribution in [1.82, 2.24) is 5.32 Å². The highest BCUT2D eigenvalue weighted by atomic mass is 16.5. The largest absolute Gasteiger partial charge is 0.459 e. The first-order chi connectivity index (χ1) is 11.1. The number of carbonyl (C=O) groups is 2. The minimum atomic E-state index is -0.571. The number of ether oxygens (including phenoxy) is 1. The van der Waals surface area contributed by atoms with Crippen LogP contribution in [0.1, 0.15) is 58.4 Å². The Bertz CT molecular complexity index is 473. The van der Waals surface area contributed by atoms with E-state index in [0.29, 0.717) is 6.42 Å². The van der Waals surface area contributed by atoms with Gasteiger partial charge in [0, 0.05) is 6.42 Å². The molecule has 0 bridgehead atoms. The molecule has 1 rings (SSSR count). The van der Waals surface area contributed by atoms with Crippen LogP contribution in [0.25, 0.3) is 0 Å². The molecular weight excluding hydrogens is 290 g/mol. The van der Waals surface area contributed by atoms with Crippen LogP contribution in [0.5, 0.6) is 0 Å². The maximum absolute atomic E-state index is 12.3. The Labute approximate surface area is 139 Å². The molecule has 0 aliphatic carbocycles. The third kappa shape index (κ3) is 7.31. The summed E-state index contributed by atoms with van der Waals surface area (Å²) in [7, 11) is 0. The number of hydrogen-bond donors (Lipinski definition) is 1. The van der Waals surface area contributed by atoms with E-state index in [1.165, 1.54) is 0 Å². The molecule has 0 heterocycles. The first kappa shape index (κ1) is 19.2. The van der Waals surface area contributed by atoms with Gasteiger partial charge < -0.3 is 10.1 Å². The van der Waals surface area contributed by atoms with Crippen LogP contribution >= 0.6 is 0 Å². The first-order valence-electron chi connectivity index (χ1n) is 8.58. The molecular formula is C19H29NO3. The van der Waals surface area contributed by atoms with Crippen LogP contribution < -0.4 is 5.32 Å². The lowest BCUT2D eigenvalue weighted by Crippen LogP contribution is -2.45. The summed E-state index contributed by atoms with van der Waals surface area (Å²) in [6.07, 6.45) is 4.22. The molecule has 2 unspecified atom stereocenters. The van der Waals surface area contributed by atoms with Crippen LogP contribution in [0.2, 0.25) is 0 Å². The molecule has 0 spiro atoms. The number of rotatable bonds is 10. The summed E-state index contributed by atoms with van der Waals surface area (Å²) in [5.41, 5.74) is 0.943. The van der Waals surface area contributed by atoms with E-state index in [1.807, 2.05) is 44.2 Å². The molecule has 4 heteroatoms. The van der Waals surface area contributed by atoms with Crippen molar-refractivity contribution in [2.75, 3.05) is 0 Å². The second-order valence-electron chi connectivity index (χ2n) is 5.98. The third-order valence-corrected chi connectivity index (χ3v) is 4.01. The van der Waals surface area contributed by atoms with Crippen LogP contribution in [0.4, 0.5) is 0 Å². The van der Waals surface area contributed by atoms with E-state index in [2.05, 4.69) is 12.2 Å². The van der Waals surface area contributed by atoms with E-state index in [9.17, 15) is 9.59 Å². The summed E-state index contributed by atoms with van der Waals surface area (Å²) in [5.74, 6) is -0.374. The Kier molecular flexibility index (Phi) is 9.03. The molecule has 0 aliphatic heterocycles. The topological polar surface area (TPSA) is 55.4 Å². The molecule has 23 heavy (non-hydrogen) atoms. The van der Waals surface area contributed by atoms with E-state index in [-0.39, 0.29) is 24.4 Å². The number of hydrogen-bond acceptors (Lipinski definition) is 3. The molecule has 2 atom stereocenters. The maximum Gasteiger partial charge on any atom is 0.329 e. The van der Waals surface area contributed by atoms with Crippen LogP contribution in [0.3, 0.4) is 0 Å².